The molecule has 1 spiro atoms. The summed E-state index contributed by atoms with van der Waals surface area (Å²) < 4.78 is 12.2. The minimum absolute atomic E-state index is 0.157. The molecule has 1 aliphatic heterocycles. The van der Waals surface area contributed by atoms with Crippen LogP contribution in [0.15, 0.2) is 0 Å². The SMILES string of the molecule is COC1CC2C3CCC(C(C)CCC4OC4(C)C)C3(C)CCC2C2(C)CCC3CC312. The van der Waals surface area contributed by atoms with Crippen molar-refractivity contribution in [2.45, 2.75) is 117 Å². The van der Waals surface area contributed by atoms with E-state index in [1.807, 2.05) is 7.11 Å². The maximum Gasteiger partial charge on any atom is 0.0892 e. The minimum Gasteiger partial charge on any atom is -0.381 e. The molecule has 170 valence electrons. The Balaban J connectivity index is 1.21. The second-order valence-corrected chi connectivity index (χ2v) is 13.7. The number of epoxide rings is 1. The lowest BCUT2D eigenvalue weighted by molar-refractivity contribution is -0.161. The number of hydrogen-bond donors (Lipinski definition) is 0. The van der Waals surface area contributed by atoms with Crippen molar-refractivity contribution in [1.29, 1.82) is 0 Å². The summed E-state index contributed by atoms with van der Waals surface area (Å²) in [6.07, 6.45) is 15.5. The van der Waals surface area contributed by atoms with Crippen LogP contribution in [0.3, 0.4) is 0 Å². The van der Waals surface area contributed by atoms with Crippen LogP contribution >= 0.6 is 0 Å². The van der Waals surface area contributed by atoms with Crippen LogP contribution in [-0.2, 0) is 9.47 Å². The van der Waals surface area contributed by atoms with Gasteiger partial charge in [-0.25, -0.2) is 0 Å². The van der Waals surface area contributed by atoms with Crippen LogP contribution in [0.4, 0.5) is 0 Å². The van der Waals surface area contributed by atoms with Crippen molar-refractivity contribution >= 4 is 0 Å². The summed E-state index contributed by atoms with van der Waals surface area (Å²) in [4.78, 5) is 0. The zero-order chi connectivity index (χ0) is 21.1. The van der Waals surface area contributed by atoms with Gasteiger partial charge in [0.15, 0.2) is 0 Å². The van der Waals surface area contributed by atoms with Crippen molar-refractivity contribution in [2.24, 2.45) is 51.8 Å². The summed E-state index contributed by atoms with van der Waals surface area (Å²) in [5.74, 6) is 5.61. The number of rotatable bonds is 5. The first-order valence-electron chi connectivity index (χ1n) is 13.4. The van der Waals surface area contributed by atoms with Crippen molar-refractivity contribution in [2.75, 3.05) is 7.11 Å². The quantitative estimate of drug-likeness (QED) is 0.458. The summed E-state index contributed by atoms with van der Waals surface area (Å²) in [5, 5.41) is 0. The van der Waals surface area contributed by atoms with Gasteiger partial charge in [0.05, 0.1) is 17.8 Å². The molecule has 11 unspecified atom stereocenters. The molecule has 0 aromatic carbocycles. The Kier molecular flexibility index (Phi) is 4.30. The molecule has 6 rings (SSSR count). The fraction of sp³-hybridized carbons (Fsp3) is 1.00. The normalized spacial score (nSPS) is 58.4. The average Bonchev–Trinajstić information content (AvgIpc) is 3.49. The average molecular weight is 415 g/mol. The Bertz CT molecular complexity index is 715. The van der Waals surface area contributed by atoms with E-state index in [4.69, 9.17) is 9.47 Å². The van der Waals surface area contributed by atoms with E-state index in [0.29, 0.717) is 28.5 Å². The fourth-order valence-electron chi connectivity index (χ4n) is 10.9. The summed E-state index contributed by atoms with van der Waals surface area (Å²) in [6.45, 7) is 12.5. The largest absolute Gasteiger partial charge is 0.381 e. The maximum absolute atomic E-state index is 6.30. The lowest BCUT2D eigenvalue weighted by Gasteiger charge is -2.61. The van der Waals surface area contributed by atoms with E-state index in [1.165, 1.54) is 64.2 Å². The standard InChI is InChI=1S/C28H46O2/c1-17(7-10-23-25(2,3)30-23)20-8-9-21-19-15-24(29-6)28-16-18(28)11-14-27(28,5)22(19)12-13-26(20,21)4/h17-24H,7-16H2,1-6H3. The van der Waals surface area contributed by atoms with E-state index in [0.717, 1.165) is 35.5 Å². The van der Waals surface area contributed by atoms with Gasteiger partial charge in [0, 0.05) is 12.5 Å². The summed E-state index contributed by atoms with van der Waals surface area (Å²) in [5.41, 5.74) is 1.87. The second kappa shape index (κ2) is 6.28. The van der Waals surface area contributed by atoms with Gasteiger partial charge in [-0.05, 0) is 124 Å². The highest BCUT2D eigenvalue weighted by Gasteiger charge is 2.77. The van der Waals surface area contributed by atoms with Crippen molar-refractivity contribution in [3.05, 3.63) is 0 Å². The van der Waals surface area contributed by atoms with Gasteiger partial charge in [-0.1, -0.05) is 20.8 Å². The molecule has 30 heavy (non-hydrogen) atoms. The van der Waals surface area contributed by atoms with Gasteiger partial charge in [0.2, 0.25) is 0 Å². The van der Waals surface area contributed by atoms with Gasteiger partial charge in [-0.3, -0.25) is 0 Å². The molecule has 11 atom stereocenters. The molecule has 0 aromatic heterocycles. The first kappa shape index (κ1) is 20.5. The van der Waals surface area contributed by atoms with E-state index in [1.54, 1.807) is 0 Å². The zero-order valence-electron chi connectivity index (χ0n) is 20.5. The van der Waals surface area contributed by atoms with Crippen LogP contribution in [0, 0.1) is 51.8 Å². The molecule has 5 aliphatic carbocycles. The van der Waals surface area contributed by atoms with Crippen molar-refractivity contribution in [3.63, 3.8) is 0 Å². The highest BCUT2D eigenvalue weighted by molar-refractivity contribution is 5.26. The van der Waals surface area contributed by atoms with E-state index in [-0.39, 0.29) is 5.60 Å². The van der Waals surface area contributed by atoms with Gasteiger partial charge < -0.3 is 9.47 Å². The van der Waals surface area contributed by atoms with Crippen molar-refractivity contribution in [3.8, 4) is 0 Å². The van der Waals surface area contributed by atoms with Crippen LogP contribution in [0.5, 0.6) is 0 Å². The zero-order valence-corrected chi connectivity index (χ0v) is 20.5. The molecule has 1 saturated heterocycles. The number of fused-ring (bicyclic) bond motifs is 4. The molecule has 0 aromatic rings. The third kappa shape index (κ3) is 2.45. The van der Waals surface area contributed by atoms with Gasteiger partial charge in [0.25, 0.3) is 0 Å². The molecule has 0 radical (unpaired) electrons. The first-order chi connectivity index (χ1) is 14.2. The predicted molar refractivity (Wildman–Crippen MR) is 121 cm³/mol. The number of methoxy groups -OCH3 is 1. The molecular formula is C28H46O2. The van der Waals surface area contributed by atoms with Gasteiger partial charge in [-0.15, -0.1) is 0 Å². The minimum atomic E-state index is 0.157. The number of hydrogen-bond acceptors (Lipinski definition) is 2. The van der Waals surface area contributed by atoms with Crippen LogP contribution in [0.25, 0.3) is 0 Å². The van der Waals surface area contributed by atoms with Gasteiger partial charge >= 0.3 is 0 Å². The summed E-state index contributed by atoms with van der Waals surface area (Å²) in [7, 11) is 2.02. The summed E-state index contributed by atoms with van der Waals surface area (Å²) in [6, 6.07) is 0. The highest BCUT2D eigenvalue weighted by Crippen LogP contribution is 2.82. The van der Waals surface area contributed by atoms with Crippen LogP contribution in [0.1, 0.15) is 98.8 Å². The molecule has 0 bridgehead atoms. The van der Waals surface area contributed by atoms with Crippen LogP contribution < -0.4 is 0 Å². The monoisotopic (exact) mass is 414 g/mol. The van der Waals surface area contributed by atoms with Crippen LogP contribution in [0.2, 0.25) is 0 Å². The van der Waals surface area contributed by atoms with E-state index in [2.05, 4.69) is 34.6 Å². The van der Waals surface area contributed by atoms with Gasteiger partial charge in [0.1, 0.15) is 0 Å². The third-order valence-electron chi connectivity index (χ3n) is 12.6. The summed E-state index contributed by atoms with van der Waals surface area (Å²) >= 11 is 0. The molecule has 1 heterocycles. The van der Waals surface area contributed by atoms with E-state index < -0.39 is 0 Å². The number of ether oxygens (including phenoxy) is 2. The molecule has 2 nitrogen and oxygen atoms in total. The Morgan fingerprint density at radius 2 is 1.77 bits per heavy atom. The lowest BCUT2D eigenvalue weighted by Crippen LogP contribution is -2.57. The molecular weight excluding hydrogens is 368 g/mol. The van der Waals surface area contributed by atoms with Gasteiger partial charge in [-0.2, -0.15) is 0 Å². The molecule has 5 saturated carbocycles. The van der Waals surface area contributed by atoms with Crippen molar-refractivity contribution in [1.82, 2.24) is 0 Å². The first-order valence-corrected chi connectivity index (χ1v) is 13.4. The van der Waals surface area contributed by atoms with Crippen LogP contribution in [-0.4, -0.2) is 24.9 Å². The van der Waals surface area contributed by atoms with E-state index in [9.17, 15) is 0 Å². The Morgan fingerprint density at radius 1 is 1.00 bits per heavy atom. The second-order valence-electron chi connectivity index (χ2n) is 13.7. The molecule has 2 heteroatoms. The Hall–Kier alpha value is -0.0800. The molecule has 6 fully saturated rings. The smallest absolute Gasteiger partial charge is 0.0892 e. The topological polar surface area (TPSA) is 21.8 Å². The Morgan fingerprint density at radius 3 is 2.43 bits per heavy atom. The molecule has 0 amide bonds. The lowest BCUT2D eigenvalue weighted by atomic mass is 9.45. The third-order valence-corrected chi connectivity index (χ3v) is 12.6. The van der Waals surface area contributed by atoms with E-state index >= 15 is 0 Å². The molecule has 6 aliphatic rings. The molecule has 0 N–H and O–H groups in total. The maximum atomic E-state index is 6.30. The van der Waals surface area contributed by atoms with Crippen molar-refractivity contribution < 1.29 is 9.47 Å². The predicted octanol–water partition coefficient (Wildman–Crippen LogP) is 6.86. The highest BCUT2D eigenvalue weighted by atomic mass is 16.6. The fourth-order valence-corrected chi connectivity index (χ4v) is 10.9. The Labute approximate surface area is 185 Å².